The van der Waals surface area contributed by atoms with Gasteiger partial charge in [-0.3, -0.25) is 9.59 Å². The molecule has 0 saturated carbocycles. The van der Waals surface area contributed by atoms with Gasteiger partial charge in [0.15, 0.2) is 6.61 Å². The highest BCUT2D eigenvalue weighted by atomic mass is 35.5. The van der Waals surface area contributed by atoms with E-state index in [1.165, 1.54) is 19.1 Å². The fourth-order valence-electron chi connectivity index (χ4n) is 3.27. The van der Waals surface area contributed by atoms with Gasteiger partial charge in [-0.05, 0) is 30.0 Å². The molecule has 2 aromatic carbocycles. The maximum absolute atomic E-state index is 13.3. The SMILES string of the molecule is CC[C@H](C(=O)NCC(C)C)N(Cc1ccc(Cl)cc1Cl)C(=O)COc1cc(OC)cc(OC)c1. The number of ether oxygens (including phenoxy) is 3. The second-order valence-corrected chi connectivity index (χ2v) is 9.00. The van der Waals surface area contributed by atoms with E-state index in [-0.39, 0.29) is 30.9 Å². The average molecular weight is 511 g/mol. The maximum Gasteiger partial charge on any atom is 0.261 e. The average Bonchev–Trinajstić information content (AvgIpc) is 2.81. The second-order valence-electron chi connectivity index (χ2n) is 8.16. The molecule has 0 fully saturated rings. The normalized spacial score (nSPS) is 11.6. The number of carbonyl (C=O) groups excluding carboxylic acids is 2. The monoisotopic (exact) mass is 510 g/mol. The lowest BCUT2D eigenvalue weighted by Crippen LogP contribution is -2.50. The second kappa shape index (κ2) is 13.3. The van der Waals surface area contributed by atoms with Gasteiger partial charge in [0.25, 0.3) is 5.91 Å². The highest BCUT2D eigenvalue weighted by Gasteiger charge is 2.29. The maximum atomic E-state index is 13.3. The third kappa shape index (κ3) is 7.99. The van der Waals surface area contributed by atoms with E-state index in [9.17, 15) is 9.59 Å². The highest BCUT2D eigenvalue weighted by Crippen LogP contribution is 2.28. The summed E-state index contributed by atoms with van der Waals surface area (Å²) in [4.78, 5) is 27.8. The van der Waals surface area contributed by atoms with Crippen molar-refractivity contribution in [2.75, 3.05) is 27.4 Å². The summed E-state index contributed by atoms with van der Waals surface area (Å²) in [6.45, 7) is 6.24. The lowest BCUT2D eigenvalue weighted by atomic mass is 10.1. The molecule has 9 heteroatoms. The number of benzene rings is 2. The van der Waals surface area contributed by atoms with Crippen LogP contribution in [-0.2, 0) is 16.1 Å². The number of amides is 2. The minimum absolute atomic E-state index is 0.132. The van der Waals surface area contributed by atoms with Gasteiger partial charge in [-0.25, -0.2) is 0 Å². The van der Waals surface area contributed by atoms with Gasteiger partial charge >= 0.3 is 0 Å². The van der Waals surface area contributed by atoms with Crippen LogP contribution in [0.2, 0.25) is 10.0 Å². The van der Waals surface area contributed by atoms with Gasteiger partial charge in [0.2, 0.25) is 5.91 Å². The Bertz CT molecular complexity index is 962. The topological polar surface area (TPSA) is 77.1 Å². The van der Waals surface area contributed by atoms with E-state index in [4.69, 9.17) is 37.4 Å². The van der Waals surface area contributed by atoms with E-state index in [0.29, 0.717) is 45.8 Å². The van der Waals surface area contributed by atoms with Crippen molar-refractivity contribution in [3.8, 4) is 17.2 Å². The summed E-state index contributed by atoms with van der Waals surface area (Å²) in [6, 6.07) is 9.38. The summed E-state index contributed by atoms with van der Waals surface area (Å²) in [5.74, 6) is 1.17. The molecule has 0 aromatic heterocycles. The smallest absolute Gasteiger partial charge is 0.261 e. The number of hydrogen-bond donors (Lipinski definition) is 1. The number of nitrogens with zero attached hydrogens (tertiary/aromatic N) is 1. The molecule has 1 atom stereocenters. The molecular weight excluding hydrogens is 479 g/mol. The van der Waals surface area contributed by atoms with Crippen molar-refractivity contribution in [2.45, 2.75) is 39.8 Å². The predicted molar refractivity (Wildman–Crippen MR) is 134 cm³/mol. The van der Waals surface area contributed by atoms with E-state index in [2.05, 4.69) is 5.32 Å². The molecule has 0 radical (unpaired) electrons. The van der Waals surface area contributed by atoms with Gasteiger partial charge in [-0.1, -0.05) is 50.0 Å². The lowest BCUT2D eigenvalue weighted by molar-refractivity contribution is -0.143. The Morgan fingerprint density at radius 3 is 2.15 bits per heavy atom. The predicted octanol–water partition coefficient (Wildman–Crippen LogP) is 4.97. The van der Waals surface area contributed by atoms with Crippen LogP contribution >= 0.6 is 23.2 Å². The quantitative estimate of drug-likeness (QED) is 0.436. The fraction of sp³-hybridized carbons (Fsp3) is 0.440. The number of nitrogens with one attached hydrogen (secondary N) is 1. The molecule has 2 amide bonds. The number of halogens is 2. The minimum atomic E-state index is -0.693. The number of rotatable bonds is 12. The Morgan fingerprint density at radius 1 is 1.00 bits per heavy atom. The van der Waals surface area contributed by atoms with Crippen molar-refractivity contribution in [1.29, 1.82) is 0 Å². The molecule has 0 spiro atoms. The zero-order valence-electron chi connectivity index (χ0n) is 20.2. The van der Waals surface area contributed by atoms with Gasteiger partial charge in [-0.15, -0.1) is 0 Å². The van der Waals surface area contributed by atoms with Gasteiger partial charge in [-0.2, -0.15) is 0 Å². The van der Waals surface area contributed by atoms with Gasteiger partial charge in [0, 0.05) is 41.3 Å². The van der Waals surface area contributed by atoms with E-state index >= 15 is 0 Å². The molecule has 0 aliphatic rings. The number of carbonyl (C=O) groups is 2. The molecule has 0 saturated heterocycles. The molecule has 0 aliphatic carbocycles. The molecule has 0 unspecified atom stereocenters. The van der Waals surface area contributed by atoms with Crippen molar-refractivity contribution < 1.29 is 23.8 Å². The molecule has 0 aliphatic heterocycles. The zero-order chi connectivity index (χ0) is 25.3. The van der Waals surface area contributed by atoms with Crippen LogP contribution in [0.3, 0.4) is 0 Å². The first kappa shape index (κ1) is 27.6. The van der Waals surface area contributed by atoms with Crippen molar-refractivity contribution in [3.05, 3.63) is 52.0 Å². The van der Waals surface area contributed by atoms with Crippen LogP contribution in [0.1, 0.15) is 32.8 Å². The first-order valence-electron chi connectivity index (χ1n) is 11.0. The number of hydrogen-bond acceptors (Lipinski definition) is 5. The van der Waals surface area contributed by atoms with Crippen LogP contribution in [0.4, 0.5) is 0 Å². The first-order chi connectivity index (χ1) is 16.2. The molecular formula is C25H32Cl2N2O5. The lowest BCUT2D eigenvalue weighted by Gasteiger charge is -2.31. The van der Waals surface area contributed by atoms with Crippen molar-refractivity contribution in [2.24, 2.45) is 5.92 Å². The molecule has 2 aromatic rings. The van der Waals surface area contributed by atoms with Gasteiger partial charge in [0.1, 0.15) is 23.3 Å². The molecule has 2 rings (SSSR count). The third-order valence-electron chi connectivity index (χ3n) is 5.11. The fourth-order valence-corrected chi connectivity index (χ4v) is 3.74. The van der Waals surface area contributed by atoms with E-state index in [1.807, 2.05) is 20.8 Å². The molecule has 0 bridgehead atoms. The Morgan fingerprint density at radius 2 is 1.62 bits per heavy atom. The Balaban J connectivity index is 2.28. The molecule has 34 heavy (non-hydrogen) atoms. The van der Waals surface area contributed by atoms with Crippen LogP contribution in [0, 0.1) is 5.92 Å². The molecule has 7 nitrogen and oxygen atoms in total. The standard InChI is InChI=1S/C25H32Cl2N2O5/c1-6-23(25(31)28-13-16(2)3)29(14-17-7-8-18(26)9-22(17)27)24(30)15-34-21-11-19(32-4)10-20(12-21)33-5/h7-12,16,23H,6,13-15H2,1-5H3,(H,28,31)/t23-/m1/s1. The van der Waals surface area contributed by atoms with Crippen LogP contribution in [0.25, 0.3) is 0 Å². The van der Waals surface area contributed by atoms with Crippen LogP contribution in [-0.4, -0.2) is 50.1 Å². The Hall–Kier alpha value is -2.64. The van der Waals surface area contributed by atoms with Crippen LogP contribution in [0.15, 0.2) is 36.4 Å². The van der Waals surface area contributed by atoms with E-state index in [0.717, 1.165) is 0 Å². The van der Waals surface area contributed by atoms with Crippen molar-refractivity contribution >= 4 is 35.0 Å². The van der Waals surface area contributed by atoms with E-state index in [1.54, 1.807) is 36.4 Å². The summed E-state index contributed by atoms with van der Waals surface area (Å²) in [6.07, 6.45) is 0.424. The van der Waals surface area contributed by atoms with Crippen LogP contribution in [0.5, 0.6) is 17.2 Å². The van der Waals surface area contributed by atoms with E-state index < -0.39 is 6.04 Å². The van der Waals surface area contributed by atoms with Crippen molar-refractivity contribution in [3.63, 3.8) is 0 Å². The zero-order valence-corrected chi connectivity index (χ0v) is 21.7. The Labute approximate surface area is 211 Å². The molecule has 186 valence electrons. The van der Waals surface area contributed by atoms with Crippen molar-refractivity contribution in [1.82, 2.24) is 10.2 Å². The molecule has 1 N–H and O–H groups in total. The van der Waals surface area contributed by atoms with Crippen LogP contribution < -0.4 is 19.5 Å². The van der Waals surface area contributed by atoms with Gasteiger partial charge in [0.05, 0.1) is 14.2 Å². The molecule has 0 heterocycles. The third-order valence-corrected chi connectivity index (χ3v) is 5.70. The Kier molecular flexibility index (Phi) is 10.8. The summed E-state index contributed by atoms with van der Waals surface area (Å²) >= 11 is 12.4. The largest absolute Gasteiger partial charge is 0.496 e. The number of methoxy groups -OCH3 is 2. The summed E-state index contributed by atoms with van der Waals surface area (Å²) in [7, 11) is 3.06. The summed E-state index contributed by atoms with van der Waals surface area (Å²) in [5, 5.41) is 3.83. The summed E-state index contributed by atoms with van der Waals surface area (Å²) < 4.78 is 16.3. The highest BCUT2D eigenvalue weighted by molar-refractivity contribution is 6.35. The first-order valence-corrected chi connectivity index (χ1v) is 11.8. The van der Waals surface area contributed by atoms with Gasteiger partial charge < -0.3 is 24.4 Å². The summed E-state index contributed by atoms with van der Waals surface area (Å²) in [5.41, 5.74) is 0.678. The minimum Gasteiger partial charge on any atom is -0.496 e.